The van der Waals surface area contributed by atoms with Crippen LogP contribution >= 0.6 is 15.9 Å². The summed E-state index contributed by atoms with van der Waals surface area (Å²) in [7, 11) is 0. The van der Waals surface area contributed by atoms with Crippen LogP contribution in [0.1, 0.15) is 5.56 Å². The molecule has 0 heterocycles. The van der Waals surface area contributed by atoms with Crippen LogP contribution in [0.15, 0.2) is 77.3 Å². The van der Waals surface area contributed by atoms with Gasteiger partial charge in [0.15, 0.2) is 0 Å². The summed E-state index contributed by atoms with van der Waals surface area (Å²) in [6.45, 7) is 2.17. The first-order valence-corrected chi connectivity index (χ1v) is 8.21. The third-order valence-corrected chi connectivity index (χ3v) is 4.99. The smallest absolute Gasteiger partial charge is 0.0254 e. The van der Waals surface area contributed by atoms with Crippen molar-refractivity contribution in [3.8, 4) is 11.1 Å². The second kappa shape index (κ2) is 5.26. The Labute approximate surface area is 138 Å². The molecule has 0 aliphatic carbocycles. The van der Waals surface area contributed by atoms with E-state index in [1.54, 1.807) is 0 Å². The molecular formula is C21H15Br. The van der Waals surface area contributed by atoms with Gasteiger partial charge in [0.05, 0.1) is 0 Å². The highest BCUT2D eigenvalue weighted by Crippen LogP contribution is 2.37. The summed E-state index contributed by atoms with van der Waals surface area (Å²) in [5, 5.41) is 5.18. The molecule has 4 aromatic carbocycles. The third-order valence-electron chi connectivity index (χ3n) is 4.30. The van der Waals surface area contributed by atoms with E-state index in [0.29, 0.717) is 0 Å². The van der Waals surface area contributed by atoms with Gasteiger partial charge in [-0.25, -0.2) is 0 Å². The van der Waals surface area contributed by atoms with Crippen LogP contribution in [0, 0.1) is 6.92 Å². The molecular weight excluding hydrogens is 332 g/mol. The van der Waals surface area contributed by atoms with Crippen LogP contribution in [0.25, 0.3) is 32.7 Å². The molecule has 0 nitrogen and oxygen atoms in total. The fourth-order valence-electron chi connectivity index (χ4n) is 3.18. The van der Waals surface area contributed by atoms with Crippen LogP contribution in [-0.2, 0) is 0 Å². The summed E-state index contributed by atoms with van der Waals surface area (Å²) in [5.41, 5.74) is 3.90. The highest BCUT2D eigenvalue weighted by atomic mass is 79.9. The van der Waals surface area contributed by atoms with Crippen LogP contribution in [0.3, 0.4) is 0 Å². The summed E-state index contributed by atoms with van der Waals surface area (Å²) in [6, 6.07) is 26.0. The van der Waals surface area contributed by atoms with Crippen LogP contribution in [-0.4, -0.2) is 0 Å². The fourth-order valence-corrected chi connectivity index (χ4v) is 3.66. The molecule has 0 bridgehead atoms. The Morgan fingerprint density at radius 2 is 1.05 bits per heavy atom. The van der Waals surface area contributed by atoms with E-state index in [4.69, 9.17) is 0 Å². The first-order chi connectivity index (χ1) is 10.8. The van der Waals surface area contributed by atoms with E-state index in [-0.39, 0.29) is 0 Å². The van der Waals surface area contributed by atoms with Gasteiger partial charge in [-0.15, -0.1) is 0 Å². The van der Waals surface area contributed by atoms with E-state index in [1.807, 2.05) is 0 Å². The quantitative estimate of drug-likeness (QED) is 0.358. The summed E-state index contributed by atoms with van der Waals surface area (Å²) in [6.07, 6.45) is 0. The molecule has 4 aromatic rings. The number of halogens is 1. The molecule has 1 heteroatoms. The van der Waals surface area contributed by atoms with E-state index >= 15 is 0 Å². The third kappa shape index (κ3) is 2.05. The van der Waals surface area contributed by atoms with Crippen molar-refractivity contribution in [2.75, 3.05) is 0 Å². The van der Waals surface area contributed by atoms with Gasteiger partial charge in [0, 0.05) is 4.47 Å². The highest BCUT2D eigenvalue weighted by molar-refractivity contribution is 9.10. The van der Waals surface area contributed by atoms with E-state index in [9.17, 15) is 0 Å². The van der Waals surface area contributed by atoms with Gasteiger partial charge in [0.2, 0.25) is 0 Å². The molecule has 0 amide bonds. The van der Waals surface area contributed by atoms with Gasteiger partial charge in [-0.05, 0) is 51.2 Å². The lowest BCUT2D eigenvalue weighted by atomic mass is 9.92. The topological polar surface area (TPSA) is 0 Å². The van der Waals surface area contributed by atoms with Gasteiger partial charge in [-0.1, -0.05) is 82.7 Å². The average Bonchev–Trinajstić information content (AvgIpc) is 2.57. The maximum absolute atomic E-state index is 3.66. The SMILES string of the molecule is Cc1ccc(-c2ccc(Br)c3ccccc23)c2ccccc12. The second-order valence-electron chi connectivity index (χ2n) is 5.62. The number of aryl methyl sites for hydroxylation is 1. The zero-order chi connectivity index (χ0) is 15.1. The lowest BCUT2D eigenvalue weighted by Gasteiger charge is -2.12. The number of fused-ring (bicyclic) bond motifs is 2. The lowest BCUT2D eigenvalue weighted by molar-refractivity contribution is 1.53. The zero-order valence-electron chi connectivity index (χ0n) is 12.3. The van der Waals surface area contributed by atoms with Crippen molar-refractivity contribution in [1.82, 2.24) is 0 Å². The molecule has 0 unspecified atom stereocenters. The molecule has 0 radical (unpaired) electrons. The van der Waals surface area contributed by atoms with E-state index < -0.39 is 0 Å². The molecule has 106 valence electrons. The lowest BCUT2D eigenvalue weighted by Crippen LogP contribution is -1.86. The van der Waals surface area contributed by atoms with Crippen LogP contribution < -0.4 is 0 Å². The van der Waals surface area contributed by atoms with Crippen LogP contribution in [0.4, 0.5) is 0 Å². The first kappa shape index (κ1) is 13.5. The minimum absolute atomic E-state index is 1.14. The predicted octanol–water partition coefficient (Wildman–Crippen LogP) is 6.73. The summed E-state index contributed by atoms with van der Waals surface area (Å²) in [4.78, 5) is 0. The van der Waals surface area contributed by atoms with Gasteiger partial charge in [0.25, 0.3) is 0 Å². The molecule has 0 fully saturated rings. The highest BCUT2D eigenvalue weighted by Gasteiger charge is 2.10. The maximum Gasteiger partial charge on any atom is 0.0254 e. The minimum atomic E-state index is 1.14. The number of hydrogen-bond donors (Lipinski definition) is 0. The fraction of sp³-hybridized carbons (Fsp3) is 0.0476. The Balaban J connectivity index is 2.13. The molecule has 0 atom stereocenters. The monoisotopic (exact) mass is 346 g/mol. The Bertz CT molecular complexity index is 916. The number of hydrogen-bond acceptors (Lipinski definition) is 0. The van der Waals surface area contributed by atoms with Gasteiger partial charge < -0.3 is 0 Å². The average molecular weight is 347 g/mol. The van der Waals surface area contributed by atoms with E-state index in [1.165, 1.54) is 38.2 Å². The Kier molecular flexibility index (Phi) is 3.24. The van der Waals surface area contributed by atoms with E-state index in [0.717, 1.165) is 4.47 Å². The van der Waals surface area contributed by atoms with E-state index in [2.05, 4.69) is 95.7 Å². The van der Waals surface area contributed by atoms with Crippen molar-refractivity contribution in [3.05, 3.63) is 82.8 Å². The molecule has 0 aliphatic heterocycles. The second-order valence-corrected chi connectivity index (χ2v) is 6.47. The van der Waals surface area contributed by atoms with Crippen molar-refractivity contribution in [3.63, 3.8) is 0 Å². The van der Waals surface area contributed by atoms with Crippen LogP contribution in [0.2, 0.25) is 0 Å². The molecule has 0 aromatic heterocycles. The van der Waals surface area contributed by atoms with Gasteiger partial charge in [-0.2, -0.15) is 0 Å². The maximum atomic E-state index is 3.66. The Hall–Kier alpha value is -2.12. The molecule has 0 N–H and O–H groups in total. The van der Waals surface area contributed by atoms with Crippen molar-refractivity contribution < 1.29 is 0 Å². The molecule has 0 aliphatic rings. The summed E-state index contributed by atoms with van der Waals surface area (Å²) in [5.74, 6) is 0. The molecule has 0 saturated carbocycles. The summed E-state index contributed by atoms with van der Waals surface area (Å²) >= 11 is 3.66. The number of rotatable bonds is 1. The zero-order valence-corrected chi connectivity index (χ0v) is 13.9. The van der Waals surface area contributed by atoms with Crippen molar-refractivity contribution in [1.29, 1.82) is 0 Å². The Morgan fingerprint density at radius 1 is 0.545 bits per heavy atom. The van der Waals surface area contributed by atoms with Crippen molar-refractivity contribution >= 4 is 37.5 Å². The Morgan fingerprint density at radius 3 is 1.73 bits per heavy atom. The number of benzene rings is 4. The molecule has 0 saturated heterocycles. The summed E-state index contributed by atoms with van der Waals surface area (Å²) < 4.78 is 1.14. The normalized spacial score (nSPS) is 11.2. The van der Waals surface area contributed by atoms with Gasteiger partial charge >= 0.3 is 0 Å². The molecule has 0 spiro atoms. The molecule has 22 heavy (non-hydrogen) atoms. The minimum Gasteiger partial charge on any atom is -0.0616 e. The first-order valence-electron chi connectivity index (χ1n) is 7.42. The standard InChI is InChI=1S/C21H15Br/c1-14-10-11-18(16-7-3-2-6-15(14)16)19-12-13-21(22)20-9-5-4-8-17(19)20/h2-13H,1H3. The largest absolute Gasteiger partial charge is 0.0616 e. The van der Waals surface area contributed by atoms with Crippen molar-refractivity contribution in [2.45, 2.75) is 6.92 Å². The molecule has 4 rings (SSSR count). The van der Waals surface area contributed by atoms with Gasteiger partial charge in [-0.3, -0.25) is 0 Å². The van der Waals surface area contributed by atoms with Gasteiger partial charge in [0.1, 0.15) is 0 Å². The van der Waals surface area contributed by atoms with Crippen molar-refractivity contribution in [2.24, 2.45) is 0 Å². The van der Waals surface area contributed by atoms with Crippen LogP contribution in [0.5, 0.6) is 0 Å². The predicted molar refractivity (Wildman–Crippen MR) is 99.3 cm³/mol.